The zero-order valence-electron chi connectivity index (χ0n) is 14.5. The molecule has 0 fully saturated rings. The van der Waals surface area contributed by atoms with E-state index in [2.05, 4.69) is 18.8 Å². The number of ether oxygens (including phenoxy) is 1. The number of hydrogen-bond donors (Lipinski definition) is 0. The third-order valence-electron chi connectivity index (χ3n) is 3.45. The average molecular weight is 340 g/mol. The number of rotatable bonds is 11. The summed E-state index contributed by atoms with van der Waals surface area (Å²) in [5, 5.41) is 2.48. The molecule has 1 rings (SSSR count). The Morgan fingerprint density at radius 3 is 2.61 bits per heavy atom. The molecule has 0 saturated carbocycles. The first-order valence-electron chi connectivity index (χ1n) is 8.51. The molecule has 6 heteroatoms. The molecule has 0 bridgehead atoms. The van der Waals surface area contributed by atoms with E-state index in [0.29, 0.717) is 25.3 Å². The zero-order valence-corrected chi connectivity index (χ0v) is 15.3. The number of hydrogen-bond acceptors (Lipinski definition) is 5. The van der Waals surface area contributed by atoms with E-state index in [-0.39, 0.29) is 5.91 Å². The molecule has 0 saturated heterocycles. The highest BCUT2D eigenvalue weighted by molar-refractivity contribution is 7.09. The molecule has 0 spiro atoms. The van der Waals surface area contributed by atoms with E-state index in [0.717, 1.165) is 30.8 Å². The van der Waals surface area contributed by atoms with Gasteiger partial charge in [-0.15, -0.1) is 11.3 Å². The van der Waals surface area contributed by atoms with Crippen LogP contribution in [0.4, 0.5) is 0 Å². The first-order chi connectivity index (χ1) is 11.1. The summed E-state index contributed by atoms with van der Waals surface area (Å²) in [6.07, 6.45) is 5.90. The maximum atomic E-state index is 12.4. The molecule has 0 aliphatic rings. The normalized spacial score (nSPS) is 10.6. The third kappa shape index (κ3) is 7.12. The highest BCUT2D eigenvalue weighted by Crippen LogP contribution is 2.15. The Morgan fingerprint density at radius 1 is 1.17 bits per heavy atom. The minimum atomic E-state index is -0.400. The summed E-state index contributed by atoms with van der Waals surface area (Å²) in [5.74, 6) is -0.223. The van der Waals surface area contributed by atoms with Gasteiger partial charge in [0.2, 0.25) is 5.91 Å². The van der Waals surface area contributed by atoms with Crippen molar-refractivity contribution in [2.75, 3.05) is 13.2 Å². The molecule has 1 amide bonds. The van der Waals surface area contributed by atoms with Gasteiger partial charge in [0, 0.05) is 18.3 Å². The van der Waals surface area contributed by atoms with Crippen LogP contribution in [0.1, 0.15) is 74.8 Å². The van der Waals surface area contributed by atoms with Crippen molar-refractivity contribution in [3.05, 3.63) is 16.1 Å². The van der Waals surface area contributed by atoms with E-state index in [9.17, 15) is 9.59 Å². The number of carbonyl (C=O) groups excluding carboxylic acids is 2. The second-order valence-corrected chi connectivity index (χ2v) is 6.42. The average Bonchev–Trinajstić information content (AvgIpc) is 3.00. The second-order valence-electron chi connectivity index (χ2n) is 5.47. The van der Waals surface area contributed by atoms with Gasteiger partial charge < -0.3 is 9.64 Å². The Morgan fingerprint density at radius 2 is 1.96 bits per heavy atom. The summed E-state index contributed by atoms with van der Waals surface area (Å²) in [7, 11) is 0. The third-order valence-corrected chi connectivity index (χ3v) is 4.29. The standard InChI is InChI=1S/C17H28N2O3S/c1-4-7-8-9-10-16(20)19(11-5-2)12-15-18-14(13-23-15)17(21)22-6-3/h13H,4-12H2,1-3H3. The molecule has 0 atom stereocenters. The zero-order chi connectivity index (χ0) is 17.1. The van der Waals surface area contributed by atoms with E-state index in [1.807, 2.05) is 4.90 Å². The molecule has 1 heterocycles. The van der Waals surface area contributed by atoms with Crippen molar-refractivity contribution in [3.63, 3.8) is 0 Å². The topological polar surface area (TPSA) is 59.5 Å². The van der Waals surface area contributed by atoms with Gasteiger partial charge in [0.25, 0.3) is 0 Å². The fourth-order valence-electron chi connectivity index (χ4n) is 2.27. The van der Waals surface area contributed by atoms with Gasteiger partial charge in [-0.1, -0.05) is 33.1 Å². The summed E-state index contributed by atoms with van der Waals surface area (Å²) in [6.45, 7) is 7.53. The minimum Gasteiger partial charge on any atom is -0.461 e. The molecule has 0 aromatic carbocycles. The lowest BCUT2D eigenvalue weighted by Crippen LogP contribution is -2.31. The van der Waals surface area contributed by atoms with Crippen LogP contribution in [0.15, 0.2) is 5.38 Å². The second kappa shape index (κ2) is 11.2. The lowest BCUT2D eigenvalue weighted by molar-refractivity contribution is -0.132. The molecular weight excluding hydrogens is 312 g/mol. The van der Waals surface area contributed by atoms with Crippen LogP contribution in [0.25, 0.3) is 0 Å². The Labute approximate surface area is 143 Å². The molecule has 130 valence electrons. The summed E-state index contributed by atoms with van der Waals surface area (Å²) in [4.78, 5) is 30.1. The van der Waals surface area contributed by atoms with Crippen molar-refractivity contribution in [1.82, 2.24) is 9.88 Å². The minimum absolute atomic E-state index is 0.177. The highest BCUT2D eigenvalue weighted by Gasteiger charge is 2.17. The van der Waals surface area contributed by atoms with Crippen LogP contribution >= 0.6 is 11.3 Å². The molecule has 0 aliphatic carbocycles. The lowest BCUT2D eigenvalue weighted by atomic mass is 10.1. The van der Waals surface area contributed by atoms with Crippen LogP contribution in [0.2, 0.25) is 0 Å². The monoisotopic (exact) mass is 340 g/mol. The van der Waals surface area contributed by atoms with Crippen molar-refractivity contribution < 1.29 is 14.3 Å². The van der Waals surface area contributed by atoms with Crippen LogP contribution in [0.5, 0.6) is 0 Å². The maximum absolute atomic E-state index is 12.4. The number of thiazole rings is 1. The molecule has 1 aromatic heterocycles. The van der Waals surface area contributed by atoms with Gasteiger partial charge in [0.15, 0.2) is 5.69 Å². The lowest BCUT2D eigenvalue weighted by Gasteiger charge is -2.21. The van der Waals surface area contributed by atoms with Gasteiger partial charge in [0.05, 0.1) is 13.2 Å². The van der Waals surface area contributed by atoms with Gasteiger partial charge >= 0.3 is 5.97 Å². The maximum Gasteiger partial charge on any atom is 0.357 e. The summed E-state index contributed by atoms with van der Waals surface area (Å²) >= 11 is 1.40. The van der Waals surface area contributed by atoms with E-state index in [1.54, 1.807) is 12.3 Å². The Hall–Kier alpha value is -1.43. The van der Waals surface area contributed by atoms with Gasteiger partial charge in [-0.2, -0.15) is 0 Å². The first kappa shape index (κ1) is 19.6. The number of unbranched alkanes of at least 4 members (excludes halogenated alkanes) is 3. The molecule has 23 heavy (non-hydrogen) atoms. The van der Waals surface area contributed by atoms with Gasteiger partial charge in [-0.3, -0.25) is 4.79 Å². The predicted octanol–water partition coefficient (Wildman–Crippen LogP) is 4.03. The number of esters is 1. The van der Waals surface area contributed by atoms with Gasteiger partial charge in [-0.05, 0) is 19.8 Å². The van der Waals surface area contributed by atoms with E-state index >= 15 is 0 Å². The Balaban J connectivity index is 2.57. The van der Waals surface area contributed by atoms with Crippen LogP contribution in [-0.4, -0.2) is 34.9 Å². The predicted molar refractivity (Wildman–Crippen MR) is 92.5 cm³/mol. The quantitative estimate of drug-likeness (QED) is 0.451. The molecule has 0 N–H and O–H groups in total. The van der Waals surface area contributed by atoms with E-state index in [4.69, 9.17) is 4.74 Å². The molecular formula is C17H28N2O3S. The van der Waals surface area contributed by atoms with Crippen LogP contribution in [-0.2, 0) is 16.1 Å². The summed E-state index contributed by atoms with van der Waals surface area (Å²) in [6, 6.07) is 0. The largest absolute Gasteiger partial charge is 0.461 e. The van der Waals surface area contributed by atoms with Crippen LogP contribution in [0.3, 0.4) is 0 Å². The number of aromatic nitrogens is 1. The fourth-order valence-corrected chi connectivity index (χ4v) is 3.05. The van der Waals surface area contributed by atoms with Crippen molar-refractivity contribution in [1.29, 1.82) is 0 Å². The Bertz CT molecular complexity index is 488. The SMILES string of the molecule is CCCCCCC(=O)N(CCC)Cc1nc(C(=O)OCC)cs1. The molecule has 0 radical (unpaired) electrons. The van der Waals surface area contributed by atoms with E-state index < -0.39 is 5.97 Å². The van der Waals surface area contributed by atoms with Crippen LogP contribution in [0, 0.1) is 0 Å². The Kier molecular flexibility index (Phi) is 9.52. The van der Waals surface area contributed by atoms with Crippen molar-refractivity contribution in [3.8, 4) is 0 Å². The summed E-state index contributed by atoms with van der Waals surface area (Å²) in [5.41, 5.74) is 0.332. The molecule has 0 unspecified atom stereocenters. The summed E-state index contributed by atoms with van der Waals surface area (Å²) < 4.78 is 4.94. The smallest absolute Gasteiger partial charge is 0.357 e. The van der Waals surface area contributed by atoms with Crippen molar-refractivity contribution >= 4 is 23.2 Å². The van der Waals surface area contributed by atoms with Crippen LogP contribution < -0.4 is 0 Å². The molecule has 5 nitrogen and oxygen atoms in total. The van der Waals surface area contributed by atoms with E-state index in [1.165, 1.54) is 24.2 Å². The number of carbonyl (C=O) groups is 2. The van der Waals surface area contributed by atoms with Gasteiger partial charge in [0.1, 0.15) is 5.01 Å². The highest BCUT2D eigenvalue weighted by atomic mass is 32.1. The fraction of sp³-hybridized carbons (Fsp3) is 0.706. The van der Waals surface area contributed by atoms with Crippen molar-refractivity contribution in [2.45, 2.75) is 65.8 Å². The van der Waals surface area contributed by atoms with Crippen molar-refractivity contribution in [2.24, 2.45) is 0 Å². The number of nitrogens with zero attached hydrogens (tertiary/aromatic N) is 2. The molecule has 1 aromatic rings. The molecule has 0 aliphatic heterocycles. The first-order valence-corrected chi connectivity index (χ1v) is 9.39. The van der Waals surface area contributed by atoms with Gasteiger partial charge in [-0.25, -0.2) is 9.78 Å². The number of amides is 1.